The van der Waals surface area contributed by atoms with Crippen LogP contribution in [0, 0.1) is 19.3 Å². The first-order valence-corrected chi connectivity index (χ1v) is 3.32. The number of hydrogen-bond acceptors (Lipinski definition) is 1. The third-order valence-electron chi connectivity index (χ3n) is 1.52. The SMILES string of the molecule is C#CC(=O)c1ccccc1C. The van der Waals surface area contributed by atoms with E-state index in [0.29, 0.717) is 5.56 Å². The first-order valence-electron chi connectivity index (χ1n) is 3.32. The molecule has 0 aromatic heterocycles. The summed E-state index contributed by atoms with van der Waals surface area (Å²) in [7, 11) is 0. The fourth-order valence-corrected chi connectivity index (χ4v) is 0.905. The molecular formula is C10H8O. The van der Waals surface area contributed by atoms with Gasteiger partial charge in [0.2, 0.25) is 5.78 Å². The maximum absolute atomic E-state index is 11.0. The summed E-state index contributed by atoms with van der Waals surface area (Å²) in [5, 5.41) is 0. The lowest BCUT2D eigenvalue weighted by Crippen LogP contribution is -1.96. The van der Waals surface area contributed by atoms with Crippen molar-refractivity contribution in [2.45, 2.75) is 6.92 Å². The van der Waals surface area contributed by atoms with Crippen LogP contribution >= 0.6 is 0 Å². The van der Waals surface area contributed by atoms with Crippen LogP contribution in [0.5, 0.6) is 0 Å². The summed E-state index contributed by atoms with van der Waals surface area (Å²) >= 11 is 0. The van der Waals surface area contributed by atoms with Crippen molar-refractivity contribution in [3.63, 3.8) is 0 Å². The molecule has 0 aliphatic rings. The predicted octanol–water partition coefficient (Wildman–Crippen LogP) is 1.81. The second-order valence-corrected chi connectivity index (χ2v) is 2.29. The minimum Gasteiger partial charge on any atom is -0.279 e. The summed E-state index contributed by atoms with van der Waals surface area (Å²) in [6.45, 7) is 1.87. The first-order chi connectivity index (χ1) is 5.25. The van der Waals surface area contributed by atoms with E-state index in [2.05, 4.69) is 5.92 Å². The molecule has 0 aliphatic carbocycles. The fourth-order valence-electron chi connectivity index (χ4n) is 0.905. The molecule has 0 bridgehead atoms. The standard InChI is InChI=1S/C10H8O/c1-3-10(11)9-7-5-4-6-8(9)2/h1,4-7H,2H3. The van der Waals surface area contributed by atoms with E-state index >= 15 is 0 Å². The molecule has 54 valence electrons. The number of carbonyl (C=O) groups excluding carboxylic acids is 1. The molecule has 0 fully saturated rings. The van der Waals surface area contributed by atoms with Gasteiger partial charge in [0, 0.05) is 5.56 Å². The number of ketones is 1. The highest BCUT2D eigenvalue weighted by molar-refractivity contribution is 6.09. The average molecular weight is 144 g/mol. The normalized spacial score (nSPS) is 8.73. The quantitative estimate of drug-likeness (QED) is 0.334. The van der Waals surface area contributed by atoms with E-state index in [9.17, 15) is 4.79 Å². The molecule has 0 spiro atoms. The van der Waals surface area contributed by atoms with Gasteiger partial charge in [0.15, 0.2) is 0 Å². The number of aryl methyl sites for hydroxylation is 1. The van der Waals surface area contributed by atoms with Crippen molar-refractivity contribution in [3.05, 3.63) is 35.4 Å². The smallest absolute Gasteiger partial charge is 0.235 e. The van der Waals surface area contributed by atoms with E-state index in [4.69, 9.17) is 6.42 Å². The van der Waals surface area contributed by atoms with Crippen LogP contribution < -0.4 is 0 Å². The van der Waals surface area contributed by atoms with Crippen molar-refractivity contribution in [2.24, 2.45) is 0 Å². The Morgan fingerprint density at radius 1 is 1.45 bits per heavy atom. The second-order valence-electron chi connectivity index (χ2n) is 2.29. The molecule has 0 saturated carbocycles. The van der Waals surface area contributed by atoms with Gasteiger partial charge in [0.25, 0.3) is 0 Å². The third-order valence-corrected chi connectivity index (χ3v) is 1.52. The fraction of sp³-hybridized carbons (Fsp3) is 0.100. The summed E-state index contributed by atoms with van der Waals surface area (Å²) in [6.07, 6.45) is 4.97. The number of benzene rings is 1. The molecule has 11 heavy (non-hydrogen) atoms. The number of rotatable bonds is 1. The van der Waals surface area contributed by atoms with Gasteiger partial charge in [-0.05, 0) is 18.4 Å². The Bertz CT molecular complexity index is 318. The van der Waals surface area contributed by atoms with E-state index in [0.717, 1.165) is 5.56 Å². The van der Waals surface area contributed by atoms with Gasteiger partial charge in [-0.25, -0.2) is 0 Å². The van der Waals surface area contributed by atoms with Crippen LogP contribution in [0.4, 0.5) is 0 Å². The number of carbonyl (C=O) groups is 1. The molecule has 0 atom stereocenters. The Balaban J connectivity index is 3.16. The second kappa shape index (κ2) is 3.03. The topological polar surface area (TPSA) is 17.1 Å². The van der Waals surface area contributed by atoms with Crippen LogP contribution in [0.15, 0.2) is 24.3 Å². The van der Waals surface area contributed by atoms with Gasteiger partial charge in [-0.15, -0.1) is 6.42 Å². The lowest BCUT2D eigenvalue weighted by atomic mass is 10.1. The summed E-state index contributed by atoms with van der Waals surface area (Å²) in [6, 6.07) is 7.28. The van der Waals surface area contributed by atoms with E-state index in [-0.39, 0.29) is 5.78 Å². The molecule has 0 aliphatic heterocycles. The molecule has 1 aromatic carbocycles. The molecule has 0 saturated heterocycles. The maximum Gasteiger partial charge on any atom is 0.235 e. The predicted molar refractivity (Wildman–Crippen MR) is 44.3 cm³/mol. The van der Waals surface area contributed by atoms with Gasteiger partial charge in [0.1, 0.15) is 0 Å². The highest BCUT2D eigenvalue weighted by Gasteiger charge is 2.02. The summed E-state index contributed by atoms with van der Waals surface area (Å²) < 4.78 is 0. The van der Waals surface area contributed by atoms with Crippen LogP contribution in [0.3, 0.4) is 0 Å². The molecule has 1 heteroatoms. The molecule has 0 N–H and O–H groups in total. The van der Waals surface area contributed by atoms with E-state index < -0.39 is 0 Å². The maximum atomic E-state index is 11.0. The molecule has 1 nitrogen and oxygen atoms in total. The zero-order valence-electron chi connectivity index (χ0n) is 6.29. The molecule has 1 aromatic rings. The molecule has 0 radical (unpaired) electrons. The van der Waals surface area contributed by atoms with Crippen LogP contribution in [0.2, 0.25) is 0 Å². The largest absolute Gasteiger partial charge is 0.279 e. The Labute approximate surface area is 66.1 Å². The Morgan fingerprint density at radius 3 is 2.64 bits per heavy atom. The van der Waals surface area contributed by atoms with Crippen LogP contribution in [0.25, 0.3) is 0 Å². The van der Waals surface area contributed by atoms with E-state index in [1.165, 1.54) is 0 Å². The zero-order chi connectivity index (χ0) is 8.27. The zero-order valence-corrected chi connectivity index (χ0v) is 6.29. The monoisotopic (exact) mass is 144 g/mol. The lowest BCUT2D eigenvalue weighted by Gasteiger charge is -1.97. The number of hydrogen-bond donors (Lipinski definition) is 0. The highest BCUT2D eigenvalue weighted by atomic mass is 16.1. The molecule has 1 rings (SSSR count). The first kappa shape index (κ1) is 7.56. The van der Waals surface area contributed by atoms with Gasteiger partial charge in [0.05, 0.1) is 0 Å². The van der Waals surface area contributed by atoms with Gasteiger partial charge >= 0.3 is 0 Å². The Kier molecular flexibility index (Phi) is 2.08. The summed E-state index contributed by atoms with van der Waals surface area (Å²) in [4.78, 5) is 11.0. The van der Waals surface area contributed by atoms with Gasteiger partial charge < -0.3 is 0 Å². The Hall–Kier alpha value is -1.55. The van der Waals surface area contributed by atoms with Crippen molar-refractivity contribution in [2.75, 3.05) is 0 Å². The summed E-state index contributed by atoms with van der Waals surface area (Å²) in [5.41, 5.74) is 1.55. The summed E-state index contributed by atoms with van der Waals surface area (Å²) in [5.74, 6) is 1.84. The van der Waals surface area contributed by atoms with Crippen LogP contribution in [0.1, 0.15) is 15.9 Å². The van der Waals surface area contributed by atoms with Crippen molar-refractivity contribution in [1.82, 2.24) is 0 Å². The van der Waals surface area contributed by atoms with Crippen LogP contribution in [-0.4, -0.2) is 5.78 Å². The van der Waals surface area contributed by atoms with Gasteiger partial charge in [-0.1, -0.05) is 24.3 Å². The molecule has 0 amide bonds. The number of Topliss-reactive ketones (excluding diaryl/α,β-unsaturated/α-hetero) is 1. The minimum absolute atomic E-state index is 0.247. The molecule has 0 unspecified atom stereocenters. The molecular weight excluding hydrogens is 136 g/mol. The van der Waals surface area contributed by atoms with Crippen LogP contribution in [-0.2, 0) is 0 Å². The van der Waals surface area contributed by atoms with E-state index in [1.807, 2.05) is 19.1 Å². The van der Waals surface area contributed by atoms with Crippen molar-refractivity contribution in [1.29, 1.82) is 0 Å². The lowest BCUT2D eigenvalue weighted by molar-refractivity contribution is 0.105. The Morgan fingerprint density at radius 2 is 2.09 bits per heavy atom. The number of terminal acetylenes is 1. The van der Waals surface area contributed by atoms with Gasteiger partial charge in [-0.3, -0.25) is 4.79 Å². The third kappa shape index (κ3) is 1.47. The van der Waals surface area contributed by atoms with Crippen molar-refractivity contribution in [3.8, 4) is 12.3 Å². The van der Waals surface area contributed by atoms with Gasteiger partial charge in [-0.2, -0.15) is 0 Å². The molecule has 0 heterocycles. The minimum atomic E-state index is -0.247. The van der Waals surface area contributed by atoms with E-state index in [1.54, 1.807) is 12.1 Å². The highest BCUT2D eigenvalue weighted by Crippen LogP contribution is 2.06. The van der Waals surface area contributed by atoms with Crippen molar-refractivity contribution >= 4 is 5.78 Å². The average Bonchev–Trinajstić information content (AvgIpc) is 2.04. The van der Waals surface area contributed by atoms with Crippen molar-refractivity contribution < 1.29 is 4.79 Å².